The molecule has 24 heavy (non-hydrogen) atoms. The molecule has 3 heteroatoms. The van der Waals surface area contributed by atoms with E-state index in [1.54, 1.807) is 12.3 Å². The summed E-state index contributed by atoms with van der Waals surface area (Å²) in [7, 11) is 0. The lowest BCUT2D eigenvalue weighted by Gasteiger charge is -2.06. The molecule has 1 heterocycles. The van der Waals surface area contributed by atoms with E-state index in [0.717, 1.165) is 34.6 Å². The third kappa shape index (κ3) is 6.86. The molecule has 1 aromatic carbocycles. The van der Waals surface area contributed by atoms with Gasteiger partial charge in [0.05, 0.1) is 6.61 Å². The SMILES string of the molecule is CCCCCCCCOc1ccc(/C=C/c2ccc[n+]([O-])c2)cc1. The number of benzene rings is 1. The zero-order chi connectivity index (χ0) is 17.0. The molecular formula is C21H27NO2. The van der Waals surface area contributed by atoms with Gasteiger partial charge in [0.25, 0.3) is 0 Å². The lowest BCUT2D eigenvalue weighted by molar-refractivity contribution is -0.605. The van der Waals surface area contributed by atoms with Gasteiger partial charge in [-0.25, -0.2) is 0 Å². The van der Waals surface area contributed by atoms with Crippen molar-refractivity contribution >= 4 is 12.2 Å². The molecule has 0 N–H and O–H groups in total. The lowest BCUT2D eigenvalue weighted by atomic mass is 10.1. The minimum absolute atomic E-state index is 0.787. The second-order valence-corrected chi connectivity index (χ2v) is 6.02. The van der Waals surface area contributed by atoms with Gasteiger partial charge in [-0.15, -0.1) is 0 Å². The van der Waals surface area contributed by atoms with Crippen molar-refractivity contribution in [1.29, 1.82) is 0 Å². The summed E-state index contributed by atoms with van der Waals surface area (Å²) in [5.74, 6) is 0.915. The van der Waals surface area contributed by atoms with Gasteiger partial charge in [-0.3, -0.25) is 0 Å². The summed E-state index contributed by atoms with van der Waals surface area (Å²) in [5, 5.41) is 11.2. The lowest BCUT2D eigenvalue weighted by Crippen LogP contribution is -2.24. The van der Waals surface area contributed by atoms with E-state index in [1.807, 2.05) is 42.5 Å². The van der Waals surface area contributed by atoms with E-state index >= 15 is 0 Å². The number of nitrogens with zero attached hydrogens (tertiary/aromatic N) is 1. The van der Waals surface area contributed by atoms with E-state index in [2.05, 4.69) is 6.92 Å². The Balaban J connectivity index is 1.72. The molecule has 0 spiro atoms. The molecule has 0 aliphatic carbocycles. The van der Waals surface area contributed by atoms with Crippen molar-refractivity contribution < 1.29 is 9.47 Å². The molecule has 0 saturated carbocycles. The smallest absolute Gasteiger partial charge is 0.187 e. The average Bonchev–Trinajstić information content (AvgIpc) is 2.60. The van der Waals surface area contributed by atoms with Gasteiger partial charge in [0.2, 0.25) is 0 Å². The van der Waals surface area contributed by atoms with Gasteiger partial charge in [-0.1, -0.05) is 57.2 Å². The van der Waals surface area contributed by atoms with Gasteiger partial charge >= 0.3 is 0 Å². The Bertz CT molecular complexity index is 620. The summed E-state index contributed by atoms with van der Waals surface area (Å²) in [6.07, 6.45) is 14.6. The average molecular weight is 325 g/mol. The zero-order valence-electron chi connectivity index (χ0n) is 14.5. The molecule has 2 rings (SSSR count). The highest BCUT2D eigenvalue weighted by molar-refractivity contribution is 5.69. The molecule has 0 amide bonds. The van der Waals surface area contributed by atoms with Gasteiger partial charge in [-0.2, -0.15) is 4.73 Å². The number of pyridine rings is 1. The van der Waals surface area contributed by atoms with E-state index in [1.165, 1.54) is 38.3 Å². The monoisotopic (exact) mass is 325 g/mol. The van der Waals surface area contributed by atoms with Crippen molar-refractivity contribution in [3.63, 3.8) is 0 Å². The van der Waals surface area contributed by atoms with Crippen LogP contribution in [0.1, 0.15) is 56.6 Å². The zero-order valence-corrected chi connectivity index (χ0v) is 14.5. The van der Waals surface area contributed by atoms with Crippen LogP contribution in [0.15, 0.2) is 48.8 Å². The first-order valence-corrected chi connectivity index (χ1v) is 8.87. The fourth-order valence-electron chi connectivity index (χ4n) is 2.51. The highest BCUT2D eigenvalue weighted by Crippen LogP contribution is 2.15. The Labute approximate surface area is 145 Å². The maximum absolute atomic E-state index is 11.2. The Morgan fingerprint density at radius 1 is 0.917 bits per heavy atom. The minimum Gasteiger partial charge on any atom is -0.619 e. The van der Waals surface area contributed by atoms with E-state index in [4.69, 9.17) is 4.74 Å². The second kappa shape index (κ2) is 10.5. The van der Waals surface area contributed by atoms with Crippen molar-refractivity contribution in [1.82, 2.24) is 0 Å². The Morgan fingerprint density at radius 3 is 2.38 bits per heavy atom. The molecule has 0 bridgehead atoms. The fraction of sp³-hybridized carbons (Fsp3) is 0.381. The minimum atomic E-state index is 0.787. The number of ether oxygens (including phenoxy) is 1. The van der Waals surface area contributed by atoms with Crippen LogP contribution in [-0.4, -0.2) is 6.61 Å². The predicted molar refractivity (Wildman–Crippen MR) is 99.6 cm³/mol. The first kappa shape index (κ1) is 18.1. The molecule has 0 atom stereocenters. The first-order chi connectivity index (χ1) is 11.8. The van der Waals surface area contributed by atoms with Crippen LogP contribution in [0.3, 0.4) is 0 Å². The van der Waals surface area contributed by atoms with Crippen LogP contribution in [-0.2, 0) is 0 Å². The van der Waals surface area contributed by atoms with Gasteiger partial charge < -0.3 is 9.94 Å². The molecule has 0 unspecified atom stereocenters. The molecule has 0 aliphatic rings. The fourth-order valence-corrected chi connectivity index (χ4v) is 2.51. The van der Waals surface area contributed by atoms with E-state index in [-0.39, 0.29) is 0 Å². The van der Waals surface area contributed by atoms with Gasteiger partial charge in [0.1, 0.15) is 5.75 Å². The van der Waals surface area contributed by atoms with Crippen LogP contribution in [0.2, 0.25) is 0 Å². The quantitative estimate of drug-likeness (QED) is 0.341. The molecule has 0 radical (unpaired) electrons. The topological polar surface area (TPSA) is 36.2 Å². The highest BCUT2D eigenvalue weighted by atomic mass is 16.5. The molecule has 0 aliphatic heterocycles. The summed E-state index contributed by atoms with van der Waals surface area (Å²) < 4.78 is 6.58. The van der Waals surface area contributed by atoms with Gasteiger partial charge in [0.15, 0.2) is 12.4 Å². The summed E-state index contributed by atoms with van der Waals surface area (Å²) in [4.78, 5) is 0. The van der Waals surface area contributed by atoms with Crippen molar-refractivity contribution in [2.45, 2.75) is 45.4 Å². The van der Waals surface area contributed by atoms with E-state index in [0.29, 0.717) is 0 Å². The van der Waals surface area contributed by atoms with Gasteiger partial charge in [0, 0.05) is 11.6 Å². The molecular weight excluding hydrogens is 298 g/mol. The predicted octanol–water partition coefficient (Wildman–Crippen LogP) is 5.23. The molecule has 1 aromatic heterocycles. The van der Waals surface area contributed by atoms with E-state index < -0.39 is 0 Å². The number of hydrogen-bond donors (Lipinski definition) is 0. The number of aromatic nitrogens is 1. The van der Waals surface area contributed by atoms with Crippen LogP contribution >= 0.6 is 0 Å². The number of hydrogen-bond acceptors (Lipinski definition) is 2. The molecule has 0 saturated heterocycles. The molecule has 3 nitrogen and oxygen atoms in total. The van der Waals surface area contributed by atoms with Crippen LogP contribution in [0.25, 0.3) is 12.2 Å². The van der Waals surface area contributed by atoms with Crippen LogP contribution < -0.4 is 9.47 Å². The number of rotatable bonds is 10. The third-order valence-electron chi connectivity index (χ3n) is 3.91. The first-order valence-electron chi connectivity index (χ1n) is 8.87. The van der Waals surface area contributed by atoms with Gasteiger partial charge in [-0.05, 0) is 36.3 Å². The van der Waals surface area contributed by atoms with Crippen LogP contribution in [0.5, 0.6) is 5.75 Å². The van der Waals surface area contributed by atoms with Crippen molar-refractivity contribution in [3.8, 4) is 5.75 Å². The second-order valence-electron chi connectivity index (χ2n) is 6.02. The highest BCUT2D eigenvalue weighted by Gasteiger charge is 1.96. The maximum atomic E-state index is 11.2. The maximum Gasteiger partial charge on any atom is 0.187 e. The summed E-state index contributed by atoms with van der Waals surface area (Å²) >= 11 is 0. The largest absolute Gasteiger partial charge is 0.619 e. The molecule has 2 aromatic rings. The van der Waals surface area contributed by atoms with Crippen LogP contribution in [0.4, 0.5) is 0 Å². The number of unbranched alkanes of at least 4 members (excludes halogenated alkanes) is 5. The Morgan fingerprint density at radius 2 is 1.62 bits per heavy atom. The Hall–Kier alpha value is -2.29. The molecule has 128 valence electrons. The van der Waals surface area contributed by atoms with Crippen molar-refractivity contribution in [2.75, 3.05) is 6.61 Å². The summed E-state index contributed by atoms with van der Waals surface area (Å²) in [5.41, 5.74) is 1.97. The standard InChI is InChI=1S/C21H27NO2/c1-2-3-4-5-6-7-17-24-21-14-12-19(13-15-21)10-11-20-9-8-16-22(23)18-20/h8-16,18H,2-7,17H2,1H3/b11-10+. The van der Waals surface area contributed by atoms with Crippen molar-refractivity contribution in [2.24, 2.45) is 0 Å². The van der Waals surface area contributed by atoms with Crippen molar-refractivity contribution in [3.05, 3.63) is 65.1 Å². The Kier molecular flexibility index (Phi) is 7.88. The normalized spacial score (nSPS) is 11.0. The van der Waals surface area contributed by atoms with Crippen LogP contribution in [0, 0.1) is 5.21 Å². The third-order valence-corrected chi connectivity index (χ3v) is 3.91. The van der Waals surface area contributed by atoms with E-state index in [9.17, 15) is 5.21 Å². The summed E-state index contributed by atoms with van der Waals surface area (Å²) in [6, 6.07) is 11.7. The molecule has 0 fully saturated rings. The summed E-state index contributed by atoms with van der Waals surface area (Å²) in [6.45, 7) is 3.02.